The van der Waals surface area contributed by atoms with Crippen LogP contribution in [-0.2, 0) is 0 Å². The molecule has 1 aromatic carbocycles. The molecule has 2 N–H and O–H groups in total. The van der Waals surface area contributed by atoms with Gasteiger partial charge in [0.1, 0.15) is 0 Å². The molecule has 0 aliphatic heterocycles. The van der Waals surface area contributed by atoms with Gasteiger partial charge >= 0.3 is 0 Å². The average Bonchev–Trinajstić information content (AvgIpc) is 2.76. The zero-order valence-electron chi connectivity index (χ0n) is 11.2. The van der Waals surface area contributed by atoms with Crippen LogP contribution >= 0.6 is 0 Å². The van der Waals surface area contributed by atoms with Gasteiger partial charge in [-0.15, -0.1) is 0 Å². The van der Waals surface area contributed by atoms with Gasteiger partial charge in [-0.1, -0.05) is 23.4 Å². The Morgan fingerprint density at radius 2 is 1.89 bits per heavy atom. The quantitative estimate of drug-likeness (QED) is 0.888. The van der Waals surface area contributed by atoms with Gasteiger partial charge in [-0.05, 0) is 32.9 Å². The predicted molar refractivity (Wildman–Crippen MR) is 74.3 cm³/mol. The second-order valence-corrected chi connectivity index (χ2v) is 5.27. The van der Waals surface area contributed by atoms with E-state index in [9.17, 15) is 4.79 Å². The summed E-state index contributed by atoms with van der Waals surface area (Å²) in [5, 5.41) is 9.60. The van der Waals surface area contributed by atoms with E-state index in [1.807, 2.05) is 51.1 Å². The summed E-state index contributed by atoms with van der Waals surface area (Å²) in [5.41, 5.74) is 0.823. The van der Waals surface area contributed by atoms with Crippen LogP contribution in [0.25, 0.3) is 0 Å². The minimum Gasteiger partial charge on any atom is -0.349 e. The highest BCUT2D eigenvalue weighted by Crippen LogP contribution is 2.16. The average molecular weight is 259 g/mol. The van der Waals surface area contributed by atoms with E-state index in [0.717, 1.165) is 5.69 Å². The lowest BCUT2D eigenvalue weighted by Gasteiger charge is -2.18. The highest BCUT2D eigenvalue weighted by atomic mass is 16.5. The van der Waals surface area contributed by atoms with Crippen molar-refractivity contribution in [2.45, 2.75) is 26.3 Å². The van der Waals surface area contributed by atoms with Crippen molar-refractivity contribution < 1.29 is 9.32 Å². The largest absolute Gasteiger partial charge is 0.349 e. The summed E-state index contributed by atoms with van der Waals surface area (Å²) in [6.45, 7) is 6.00. The number of aromatic nitrogens is 1. The molecule has 0 unspecified atom stereocenters. The second-order valence-electron chi connectivity index (χ2n) is 5.27. The Labute approximate surface area is 112 Å². The van der Waals surface area contributed by atoms with Crippen LogP contribution in [0.1, 0.15) is 31.3 Å². The Kier molecular flexibility index (Phi) is 3.55. The third-order valence-electron chi connectivity index (χ3n) is 2.27. The van der Waals surface area contributed by atoms with E-state index in [-0.39, 0.29) is 17.1 Å². The lowest BCUT2D eigenvalue weighted by molar-refractivity contribution is 0.101. The molecule has 0 spiro atoms. The third-order valence-corrected chi connectivity index (χ3v) is 2.27. The van der Waals surface area contributed by atoms with Gasteiger partial charge in [0.25, 0.3) is 5.91 Å². The van der Waals surface area contributed by atoms with Gasteiger partial charge in [-0.25, -0.2) is 0 Å². The van der Waals surface area contributed by atoms with Crippen LogP contribution in [0, 0.1) is 0 Å². The van der Waals surface area contributed by atoms with Crippen LogP contribution in [0.2, 0.25) is 0 Å². The van der Waals surface area contributed by atoms with Crippen LogP contribution in [-0.4, -0.2) is 16.6 Å². The van der Waals surface area contributed by atoms with Crippen LogP contribution in [0.3, 0.4) is 0 Å². The minimum absolute atomic E-state index is 0.146. The zero-order valence-corrected chi connectivity index (χ0v) is 11.2. The fraction of sp³-hybridized carbons (Fsp3) is 0.286. The van der Waals surface area contributed by atoms with Gasteiger partial charge in [0, 0.05) is 17.3 Å². The van der Waals surface area contributed by atoms with Crippen molar-refractivity contribution in [2.75, 3.05) is 10.6 Å². The molecule has 1 heterocycles. The summed E-state index contributed by atoms with van der Waals surface area (Å²) >= 11 is 0. The number of nitrogens with zero attached hydrogens (tertiary/aromatic N) is 1. The number of hydrogen-bond donors (Lipinski definition) is 2. The molecule has 1 amide bonds. The van der Waals surface area contributed by atoms with E-state index in [0.29, 0.717) is 5.88 Å². The maximum absolute atomic E-state index is 11.9. The fourth-order valence-electron chi connectivity index (χ4n) is 1.53. The topological polar surface area (TPSA) is 67.2 Å². The monoisotopic (exact) mass is 259 g/mol. The van der Waals surface area contributed by atoms with E-state index in [4.69, 9.17) is 4.52 Å². The first-order chi connectivity index (χ1) is 8.94. The molecule has 0 bridgehead atoms. The van der Waals surface area contributed by atoms with Gasteiger partial charge in [0.05, 0.1) is 0 Å². The van der Waals surface area contributed by atoms with Gasteiger partial charge in [-0.2, -0.15) is 0 Å². The minimum atomic E-state index is -0.295. The Balaban J connectivity index is 2.04. The van der Waals surface area contributed by atoms with E-state index in [1.54, 1.807) is 6.07 Å². The molecular weight excluding hydrogens is 242 g/mol. The normalized spacial score (nSPS) is 11.1. The first kappa shape index (κ1) is 13.1. The number of benzene rings is 1. The van der Waals surface area contributed by atoms with Crippen molar-refractivity contribution in [3.05, 3.63) is 42.1 Å². The number of amides is 1. The highest BCUT2D eigenvalue weighted by molar-refractivity contribution is 6.03. The number of nitrogens with one attached hydrogen (secondary N) is 2. The van der Waals surface area contributed by atoms with Crippen LogP contribution in [0.15, 0.2) is 40.9 Å². The number of para-hydroxylation sites is 1. The molecule has 0 saturated carbocycles. The molecule has 2 aromatic rings. The molecule has 19 heavy (non-hydrogen) atoms. The Morgan fingerprint density at radius 1 is 1.21 bits per heavy atom. The number of rotatable bonds is 3. The van der Waals surface area contributed by atoms with Crippen molar-refractivity contribution in [1.82, 2.24) is 5.16 Å². The molecule has 0 saturated heterocycles. The second kappa shape index (κ2) is 5.14. The number of carbonyl (C=O) groups excluding carboxylic acids is 1. The SMILES string of the molecule is CC(C)(C)Nc1cc(C(=O)Nc2ccccc2)no1. The zero-order chi connectivity index (χ0) is 13.9. The smallest absolute Gasteiger partial charge is 0.277 e. The number of hydrogen-bond acceptors (Lipinski definition) is 4. The first-order valence-electron chi connectivity index (χ1n) is 6.05. The van der Waals surface area contributed by atoms with E-state index in [1.165, 1.54) is 0 Å². The molecule has 5 heteroatoms. The van der Waals surface area contributed by atoms with Gasteiger partial charge in [-0.3, -0.25) is 4.79 Å². The molecule has 100 valence electrons. The lowest BCUT2D eigenvalue weighted by Crippen LogP contribution is -2.25. The van der Waals surface area contributed by atoms with Crippen LogP contribution in [0.4, 0.5) is 11.6 Å². The standard InChI is InChI=1S/C14H17N3O2/c1-14(2,3)16-12-9-11(17-19-12)13(18)15-10-7-5-4-6-8-10/h4-9,16H,1-3H3,(H,15,18). The lowest BCUT2D eigenvalue weighted by atomic mass is 10.1. The summed E-state index contributed by atoms with van der Waals surface area (Å²) in [6.07, 6.45) is 0. The Hall–Kier alpha value is -2.30. The van der Waals surface area contributed by atoms with Crippen LogP contribution in [0.5, 0.6) is 0 Å². The summed E-state index contributed by atoms with van der Waals surface area (Å²) < 4.78 is 5.08. The van der Waals surface area contributed by atoms with E-state index < -0.39 is 0 Å². The summed E-state index contributed by atoms with van der Waals surface area (Å²) in [5.74, 6) is 0.183. The number of carbonyl (C=O) groups is 1. The van der Waals surface area contributed by atoms with Crippen molar-refractivity contribution in [1.29, 1.82) is 0 Å². The van der Waals surface area contributed by atoms with E-state index in [2.05, 4.69) is 15.8 Å². The van der Waals surface area contributed by atoms with Crippen molar-refractivity contribution in [3.63, 3.8) is 0 Å². The number of anilines is 2. The van der Waals surface area contributed by atoms with Gasteiger partial charge in [0.2, 0.25) is 5.88 Å². The highest BCUT2D eigenvalue weighted by Gasteiger charge is 2.16. The maximum Gasteiger partial charge on any atom is 0.277 e. The molecule has 0 radical (unpaired) electrons. The maximum atomic E-state index is 11.9. The Morgan fingerprint density at radius 3 is 2.53 bits per heavy atom. The molecule has 5 nitrogen and oxygen atoms in total. The van der Waals surface area contributed by atoms with Crippen molar-refractivity contribution in [2.24, 2.45) is 0 Å². The fourth-order valence-corrected chi connectivity index (χ4v) is 1.53. The van der Waals surface area contributed by atoms with Crippen LogP contribution < -0.4 is 10.6 Å². The summed E-state index contributed by atoms with van der Waals surface area (Å²) in [6, 6.07) is 10.8. The molecule has 1 aromatic heterocycles. The van der Waals surface area contributed by atoms with E-state index >= 15 is 0 Å². The summed E-state index contributed by atoms with van der Waals surface area (Å²) in [4.78, 5) is 11.9. The van der Waals surface area contributed by atoms with Gasteiger partial charge < -0.3 is 15.2 Å². The molecule has 0 fully saturated rings. The summed E-state index contributed by atoms with van der Waals surface area (Å²) in [7, 11) is 0. The molecule has 2 rings (SSSR count). The molecular formula is C14H17N3O2. The molecule has 0 atom stereocenters. The van der Waals surface area contributed by atoms with Crippen molar-refractivity contribution >= 4 is 17.5 Å². The van der Waals surface area contributed by atoms with Crippen molar-refractivity contribution in [3.8, 4) is 0 Å². The predicted octanol–water partition coefficient (Wildman–Crippen LogP) is 3.14. The van der Waals surface area contributed by atoms with Gasteiger partial charge in [0.15, 0.2) is 5.69 Å². The third kappa shape index (κ3) is 3.84. The first-order valence-corrected chi connectivity index (χ1v) is 6.05. The Bertz CT molecular complexity index is 556. The molecule has 0 aliphatic rings. The molecule has 0 aliphatic carbocycles.